The summed E-state index contributed by atoms with van der Waals surface area (Å²) in [6.07, 6.45) is 2.20. The highest BCUT2D eigenvalue weighted by atomic mass is 15.3. The quantitative estimate of drug-likeness (QED) is 0.782. The topological polar surface area (TPSA) is 29.9 Å². The number of hydrogen-bond acceptors (Lipinski definition) is 2. The van der Waals surface area contributed by atoms with Gasteiger partial charge in [0.2, 0.25) is 0 Å². The van der Waals surface area contributed by atoms with Gasteiger partial charge in [-0.25, -0.2) is 0 Å². The van der Waals surface area contributed by atoms with Crippen molar-refractivity contribution in [3.63, 3.8) is 0 Å². The molecule has 1 aromatic rings. The molecule has 3 nitrogen and oxygen atoms in total. The van der Waals surface area contributed by atoms with Crippen LogP contribution in [0.5, 0.6) is 0 Å². The van der Waals surface area contributed by atoms with E-state index in [1.54, 1.807) is 0 Å². The maximum absolute atomic E-state index is 4.46. The standard InChI is InChI=1S/C11H21N3/c1-5-6-12-11-8-10(7-9(2)3)13-14(11)4/h8-9,12H,5-7H2,1-4H3. The maximum Gasteiger partial charge on any atom is 0.124 e. The van der Waals surface area contributed by atoms with Crippen LogP contribution in [0.15, 0.2) is 6.07 Å². The van der Waals surface area contributed by atoms with Crippen LogP contribution in [0.4, 0.5) is 5.82 Å². The minimum absolute atomic E-state index is 0.670. The summed E-state index contributed by atoms with van der Waals surface area (Å²) < 4.78 is 1.92. The van der Waals surface area contributed by atoms with Gasteiger partial charge in [-0.1, -0.05) is 20.8 Å². The average Bonchev–Trinajstić information content (AvgIpc) is 2.41. The van der Waals surface area contributed by atoms with Gasteiger partial charge in [-0.05, 0) is 18.8 Å². The Morgan fingerprint density at radius 2 is 2.21 bits per heavy atom. The summed E-state index contributed by atoms with van der Waals surface area (Å²) in [5.41, 5.74) is 1.18. The van der Waals surface area contributed by atoms with Gasteiger partial charge in [0, 0.05) is 19.7 Å². The second kappa shape index (κ2) is 5.03. The molecule has 0 saturated carbocycles. The van der Waals surface area contributed by atoms with E-state index >= 15 is 0 Å². The molecule has 1 heterocycles. The molecule has 0 fully saturated rings. The molecule has 0 atom stereocenters. The van der Waals surface area contributed by atoms with E-state index < -0.39 is 0 Å². The Bertz CT molecular complexity index is 276. The minimum atomic E-state index is 0.670. The Kier molecular flexibility index (Phi) is 3.98. The summed E-state index contributed by atoms with van der Waals surface area (Å²) in [5, 5.41) is 7.81. The lowest BCUT2D eigenvalue weighted by Crippen LogP contribution is -2.04. The van der Waals surface area contributed by atoms with E-state index in [0.29, 0.717) is 5.92 Å². The number of hydrogen-bond donors (Lipinski definition) is 1. The van der Waals surface area contributed by atoms with Crippen LogP contribution in [-0.2, 0) is 13.5 Å². The number of nitrogens with one attached hydrogen (secondary N) is 1. The maximum atomic E-state index is 4.46. The third-order valence-corrected chi connectivity index (χ3v) is 2.10. The molecule has 0 unspecified atom stereocenters. The summed E-state index contributed by atoms with van der Waals surface area (Å²) >= 11 is 0. The Labute approximate surface area is 86.5 Å². The number of rotatable bonds is 5. The van der Waals surface area contributed by atoms with E-state index in [1.165, 1.54) is 5.69 Å². The molecular weight excluding hydrogens is 174 g/mol. The third kappa shape index (κ3) is 3.05. The molecule has 0 spiro atoms. The van der Waals surface area contributed by atoms with Crippen molar-refractivity contribution in [2.24, 2.45) is 13.0 Å². The highest BCUT2D eigenvalue weighted by molar-refractivity contribution is 5.36. The molecule has 0 aromatic carbocycles. The van der Waals surface area contributed by atoms with Crippen LogP contribution >= 0.6 is 0 Å². The Hall–Kier alpha value is -0.990. The first kappa shape index (κ1) is 11.1. The van der Waals surface area contributed by atoms with Gasteiger partial charge < -0.3 is 5.32 Å². The van der Waals surface area contributed by atoms with E-state index in [2.05, 4.69) is 37.3 Å². The monoisotopic (exact) mass is 195 g/mol. The van der Waals surface area contributed by atoms with Crippen molar-refractivity contribution in [1.82, 2.24) is 9.78 Å². The predicted octanol–water partition coefficient (Wildman–Crippen LogP) is 2.44. The summed E-state index contributed by atoms with van der Waals surface area (Å²) in [5.74, 6) is 1.80. The second-order valence-electron chi connectivity index (χ2n) is 4.17. The van der Waals surface area contributed by atoms with Crippen LogP contribution in [0, 0.1) is 5.92 Å². The summed E-state index contributed by atoms with van der Waals surface area (Å²) in [6, 6.07) is 2.15. The second-order valence-corrected chi connectivity index (χ2v) is 4.17. The molecule has 0 saturated heterocycles. The fraction of sp³-hybridized carbons (Fsp3) is 0.727. The van der Waals surface area contributed by atoms with Crippen LogP contribution in [-0.4, -0.2) is 16.3 Å². The van der Waals surface area contributed by atoms with Crippen LogP contribution in [0.3, 0.4) is 0 Å². The highest BCUT2D eigenvalue weighted by Gasteiger charge is 2.05. The van der Waals surface area contributed by atoms with Crippen molar-refractivity contribution < 1.29 is 0 Å². The lowest BCUT2D eigenvalue weighted by Gasteiger charge is -2.02. The number of anilines is 1. The molecular formula is C11H21N3. The first-order valence-electron chi connectivity index (χ1n) is 5.40. The molecule has 0 aliphatic carbocycles. The van der Waals surface area contributed by atoms with Crippen molar-refractivity contribution in [2.75, 3.05) is 11.9 Å². The van der Waals surface area contributed by atoms with Gasteiger partial charge in [0.15, 0.2) is 0 Å². The number of aromatic nitrogens is 2. The lowest BCUT2D eigenvalue weighted by molar-refractivity contribution is 0.621. The zero-order chi connectivity index (χ0) is 10.6. The van der Waals surface area contributed by atoms with Crippen molar-refractivity contribution in [3.8, 4) is 0 Å². The Balaban J connectivity index is 2.62. The zero-order valence-electron chi connectivity index (χ0n) is 9.67. The van der Waals surface area contributed by atoms with Gasteiger partial charge in [0.05, 0.1) is 5.69 Å². The van der Waals surface area contributed by atoms with Gasteiger partial charge in [-0.15, -0.1) is 0 Å². The van der Waals surface area contributed by atoms with E-state index in [9.17, 15) is 0 Å². The molecule has 1 rings (SSSR count). The highest BCUT2D eigenvalue weighted by Crippen LogP contribution is 2.12. The average molecular weight is 195 g/mol. The van der Waals surface area contributed by atoms with Crippen LogP contribution in [0.1, 0.15) is 32.9 Å². The van der Waals surface area contributed by atoms with Gasteiger partial charge in [0.1, 0.15) is 5.82 Å². The number of aryl methyl sites for hydroxylation is 1. The summed E-state index contributed by atoms with van der Waals surface area (Å²) in [6.45, 7) is 7.61. The van der Waals surface area contributed by atoms with E-state index in [-0.39, 0.29) is 0 Å². The Morgan fingerprint density at radius 1 is 1.50 bits per heavy atom. The molecule has 0 bridgehead atoms. The van der Waals surface area contributed by atoms with Crippen LogP contribution in [0.2, 0.25) is 0 Å². The largest absolute Gasteiger partial charge is 0.370 e. The SMILES string of the molecule is CCCNc1cc(CC(C)C)nn1C. The van der Waals surface area contributed by atoms with E-state index in [0.717, 1.165) is 25.2 Å². The van der Waals surface area contributed by atoms with Crippen molar-refractivity contribution >= 4 is 5.82 Å². The van der Waals surface area contributed by atoms with Crippen molar-refractivity contribution in [3.05, 3.63) is 11.8 Å². The number of nitrogens with zero attached hydrogens (tertiary/aromatic N) is 2. The van der Waals surface area contributed by atoms with Crippen LogP contribution in [0.25, 0.3) is 0 Å². The summed E-state index contributed by atoms with van der Waals surface area (Å²) in [4.78, 5) is 0. The smallest absolute Gasteiger partial charge is 0.124 e. The summed E-state index contributed by atoms with van der Waals surface area (Å²) in [7, 11) is 1.99. The normalized spacial score (nSPS) is 10.9. The van der Waals surface area contributed by atoms with Crippen LogP contribution < -0.4 is 5.32 Å². The zero-order valence-corrected chi connectivity index (χ0v) is 9.67. The van der Waals surface area contributed by atoms with E-state index in [4.69, 9.17) is 0 Å². The molecule has 3 heteroatoms. The molecule has 14 heavy (non-hydrogen) atoms. The lowest BCUT2D eigenvalue weighted by atomic mass is 10.1. The van der Waals surface area contributed by atoms with Crippen molar-refractivity contribution in [2.45, 2.75) is 33.6 Å². The minimum Gasteiger partial charge on any atom is -0.370 e. The molecule has 0 aliphatic rings. The molecule has 1 N–H and O–H groups in total. The first-order valence-corrected chi connectivity index (χ1v) is 5.40. The molecule has 80 valence electrons. The molecule has 1 aromatic heterocycles. The van der Waals surface area contributed by atoms with Gasteiger partial charge >= 0.3 is 0 Å². The third-order valence-electron chi connectivity index (χ3n) is 2.10. The molecule has 0 amide bonds. The van der Waals surface area contributed by atoms with Crippen molar-refractivity contribution in [1.29, 1.82) is 0 Å². The van der Waals surface area contributed by atoms with Gasteiger partial charge in [0.25, 0.3) is 0 Å². The molecule has 0 radical (unpaired) electrons. The fourth-order valence-corrected chi connectivity index (χ4v) is 1.46. The van der Waals surface area contributed by atoms with Gasteiger partial charge in [-0.2, -0.15) is 5.10 Å². The molecule has 0 aliphatic heterocycles. The predicted molar refractivity (Wildman–Crippen MR) is 60.5 cm³/mol. The van der Waals surface area contributed by atoms with Gasteiger partial charge in [-0.3, -0.25) is 4.68 Å². The fourth-order valence-electron chi connectivity index (χ4n) is 1.46. The van der Waals surface area contributed by atoms with E-state index in [1.807, 2.05) is 11.7 Å². The first-order chi connectivity index (χ1) is 6.63. The Morgan fingerprint density at radius 3 is 2.79 bits per heavy atom.